The number of halogens is 1. The Bertz CT molecular complexity index is 1010. The fourth-order valence-electron chi connectivity index (χ4n) is 2.68. The zero-order valence-corrected chi connectivity index (χ0v) is 17.9. The van der Waals surface area contributed by atoms with Crippen LogP contribution in [0.2, 0.25) is 5.02 Å². The summed E-state index contributed by atoms with van der Waals surface area (Å²) in [5, 5.41) is 0.712. The van der Waals surface area contributed by atoms with Gasteiger partial charge in [-0.1, -0.05) is 35.9 Å². The third kappa shape index (κ3) is 6.35. The van der Waals surface area contributed by atoms with Crippen molar-refractivity contribution in [3.8, 4) is 0 Å². The van der Waals surface area contributed by atoms with Crippen molar-refractivity contribution < 1.29 is 14.3 Å². The lowest BCUT2D eigenvalue weighted by Gasteiger charge is -2.09. The smallest absolute Gasteiger partial charge is 0.269 e. The van der Waals surface area contributed by atoms with Crippen LogP contribution in [-0.4, -0.2) is 18.9 Å². The van der Waals surface area contributed by atoms with Gasteiger partial charge in [-0.05, 0) is 59.7 Å². The van der Waals surface area contributed by atoms with Gasteiger partial charge in [-0.2, -0.15) is 0 Å². The van der Waals surface area contributed by atoms with Crippen molar-refractivity contribution in [2.45, 2.75) is 17.3 Å². The van der Waals surface area contributed by atoms with Crippen LogP contribution in [0.15, 0.2) is 77.7 Å². The van der Waals surface area contributed by atoms with E-state index in [1.165, 1.54) is 0 Å². The topological polar surface area (TPSA) is 67.4 Å². The number of rotatable bonds is 7. The second-order valence-corrected chi connectivity index (χ2v) is 7.97. The van der Waals surface area contributed by atoms with Crippen LogP contribution >= 0.6 is 23.4 Å². The molecule has 0 saturated heterocycles. The molecule has 0 unspecified atom stereocenters. The summed E-state index contributed by atoms with van der Waals surface area (Å²) in [5.74, 6) is 0.00327. The predicted molar refractivity (Wildman–Crippen MR) is 120 cm³/mol. The monoisotopic (exact) mass is 440 g/mol. The highest BCUT2D eigenvalue weighted by atomic mass is 35.5. The van der Waals surface area contributed by atoms with Crippen LogP contribution in [0, 0.1) is 0 Å². The molecule has 0 radical (unpaired) electrons. The Morgan fingerprint density at radius 2 is 1.53 bits per heavy atom. The van der Waals surface area contributed by atoms with E-state index in [-0.39, 0.29) is 5.91 Å². The summed E-state index contributed by atoms with van der Waals surface area (Å²) < 4.78 is 5.07. The van der Waals surface area contributed by atoms with Crippen LogP contribution in [-0.2, 0) is 17.1 Å². The number of hydrazine groups is 1. The number of hydrogen-bond acceptors (Lipinski definition) is 4. The number of nitrogens with one attached hydrogen (secondary N) is 2. The number of methoxy groups -OCH3 is 1. The van der Waals surface area contributed by atoms with E-state index in [0.29, 0.717) is 22.8 Å². The molecule has 2 N–H and O–H groups in total. The Hall–Kier alpha value is -2.80. The molecule has 5 nitrogen and oxygen atoms in total. The summed E-state index contributed by atoms with van der Waals surface area (Å²) >= 11 is 7.58. The van der Waals surface area contributed by atoms with Crippen molar-refractivity contribution in [3.63, 3.8) is 0 Å². The minimum absolute atomic E-state index is 0.381. The Kier molecular flexibility index (Phi) is 7.90. The van der Waals surface area contributed by atoms with E-state index in [0.717, 1.165) is 21.8 Å². The van der Waals surface area contributed by atoms with Gasteiger partial charge in [0.15, 0.2) is 0 Å². The van der Waals surface area contributed by atoms with Crippen LogP contribution < -0.4 is 10.9 Å². The molecule has 154 valence electrons. The van der Waals surface area contributed by atoms with Crippen molar-refractivity contribution in [1.29, 1.82) is 0 Å². The Balaban J connectivity index is 1.51. The second kappa shape index (κ2) is 10.8. The summed E-state index contributed by atoms with van der Waals surface area (Å²) in [5.41, 5.74) is 7.75. The van der Waals surface area contributed by atoms with Crippen LogP contribution in [0.5, 0.6) is 0 Å². The second-order valence-electron chi connectivity index (χ2n) is 6.48. The number of amides is 2. The molecule has 30 heavy (non-hydrogen) atoms. The molecule has 2 amide bonds. The summed E-state index contributed by atoms with van der Waals surface area (Å²) in [6.07, 6.45) is 0. The molecular formula is C23H21ClN2O3S. The van der Waals surface area contributed by atoms with Gasteiger partial charge in [-0.15, -0.1) is 11.8 Å². The largest absolute Gasteiger partial charge is 0.380 e. The quantitative estimate of drug-likeness (QED) is 0.407. The lowest BCUT2D eigenvalue weighted by Crippen LogP contribution is -2.41. The van der Waals surface area contributed by atoms with Crippen LogP contribution in [0.4, 0.5) is 0 Å². The molecule has 0 aromatic heterocycles. The van der Waals surface area contributed by atoms with Crippen molar-refractivity contribution in [2.75, 3.05) is 7.11 Å². The predicted octanol–water partition coefficient (Wildman–Crippen LogP) is 4.85. The molecular weight excluding hydrogens is 420 g/mol. The third-order valence-electron chi connectivity index (χ3n) is 4.23. The number of thioether (sulfide) groups is 1. The van der Waals surface area contributed by atoms with Gasteiger partial charge in [0.2, 0.25) is 0 Å². The maximum atomic E-state index is 12.3. The number of carbonyl (C=O) groups is 2. The molecule has 3 rings (SSSR count). The molecule has 0 aliphatic rings. The highest BCUT2D eigenvalue weighted by Gasteiger charge is 2.10. The summed E-state index contributed by atoms with van der Waals surface area (Å²) in [6, 6.07) is 22.0. The highest BCUT2D eigenvalue weighted by Crippen LogP contribution is 2.24. The van der Waals surface area contributed by atoms with Gasteiger partial charge >= 0.3 is 0 Å². The molecule has 3 aromatic carbocycles. The van der Waals surface area contributed by atoms with E-state index in [4.69, 9.17) is 16.3 Å². The van der Waals surface area contributed by atoms with Gasteiger partial charge in [0.05, 0.1) is 6.61 Å². The minimum Gasteiger partial charge on any atom is -0.380 e. The van der Waals surface area contributed by atoms with Crippen LogP contribution in [0.1, 0.15) is 31.8 Å². The zero-order valence-electron chi connectivity index (χ0n) is 16.4. The lowest BCUT2D eigenvalue weighted by molar-refractivity contribution is 0.0846. The number of hydrogen-bond donors (Lipinski definition) is 2. The Labute approximate surface area is 184 Å². The standard InChI is InChI=1S/C23H21ClN2O3S/c1-29-14-17-3-2-4-19(13-17)23(28)26-25-22(27)18-7-5-16(6-8-18)15-30-21-11-9-20(24)10-12-21/h2-13H,14-15H2,1H3,(H,25,27)(H,26,28). The Morgan fingerprint density at radius 1 is 0.867 bits per heavy atom. The first-order valence-corrected chi connectivity index (χ1v) is 10.6. The van der Waals surface area contributed by atoms with Gasteiger partial charge in [0.25, 0.3) is 11.8 Å². The highest BCUT2D eigenvalue weighted by molar-refractivity contribution is 7.98. The molecule has 0 aliphatic carbocycles. The number of benzene rings is 3. The molecule has 0 heterocycles. The fourth-order valence-corrected chi connectivity index (χ4v) is 3.66. The normalized spacial score (nSPS) is 10.5. The summed E-state index contributed by atoms with van der Waals surface area (Å²) in [6.45, 7) is 0.413. The maximum absolute atomic E-state index is 12.3. The molecule has 0 atom stereocenters. The van der Waals surface area contributed by atoms with Gasteiger partial charge < -0.3 is 4.74 Å². The van der Waals surface area contributed by atoms with E-state index in [2.05, 4.69) is 10.9 Å². The van der Waals surface area contributed by atoms with Crippen molar-refractivity contribution in [1.82, 2.24) is 10.9 Å². The van der Waals surface area contributed by atoms with Gasteiger partial charge in [0, 0.05) is 33.9 Å². The van der Waals surface area contributed by atoms with Gasteiger partial charge in [-0.3, -0.25) is 20.4 Å². The fraction of sp³-hybridized carbons (Fsp3) is 0.130. The molecule has 0 fully saturated rings. The first-order chi connectivity index (χ1) is 14.5. The van der Waals surface area contributed by atoms with Crippen molar-refractivity contribution in [2.24, 2.45) is 0 Å². The molecule has 0 aliphatic heterocycles. The SMILES string of the molecule is COCc1cccc(C(=O)NNC(=O)c2ccc(CSc3ccc(Cl)cc3)cc2)c1. The van der Waals surface area contributed by atoms with E-state index < -0.39 is 5.91 Å². The minimum atomic E-state index is -0.391. The van der Waals surface area contributed by atoms with Gasteiger partial charge in [-0.25, -0.2) is 0 Å². The maximum Gasteiger partial charge on any atom is 0.269 e. The number of ether oxygens (including phenoxy) is 1. The summed E-state index contributed by atoms with van der Waals surface area (Å²) in [7, 11) is 1.59. The zero-order chi connectivity index (χ0) is 21.3. The van der Waals surface area contributed by atoms with Crippen molar-refractivity contribution >= 4 is 35.2 Å². The first-order valence-electron chi connectivity index (χ1n) is 9.21. The lowest BCUT2D eigenvalue weighted by atomic mass is 10.1. The molecule has 0 saturated carbocycles. The molecule has 0 bridgehead atoms. The van der Waals surface area contributed by atoms with E-state index in [9.17, 15) is 9.59 Å². The molecule has 0 spiro atoms. The average Bonchev–Trinajstić information content (AvgIpc) is 2.77. The van der Waals surface area contributed by atoms with Crippen molar-refractivity contribution in [3.05, 3.63) is 100 Å². The van der Waals surface area contributed by atoms with Gasteiger partial charge in [0.1, 0.15) is 0 Å². The summed E-state index contributed by atoms with van der Waals surface area (Å²) in [4.78, 5) is 25.7. The Morgan fingerprint density at radius 3 is 2.20 bits per heavy atom. The van der Waals surface area contributed by atoms with E-state index in [1.54, 1.807) is 49.2 Å². The third-order valence-corrected chi connectivity index (χ3v) is 5.56. The number of carbonyl (C=O) groups excluding carboxylic acids is 2. The first kappa shape index (κ1) is 21.9. The molecule has 3 aromatic rings. The molecule has 7 heteroatoms. The average molecular weight is 441 g/mol. The van der Waals surface area contributed by atoms with E-state index in [1.807, 2.05) is 42.5 Å². The van der Waals surface area contributed by atoms with Crippen LogP contribution in [0.3, 0.4) is 0 Å². The van der Waals surface area contributed by atoms with E-state index >= 15 is 0 Å². The van der Waals surface area contributed by atoms with Crippen LogP contribution in [0.25, 0.3) is 0 Å².